The third-order valence-corrected chi connectivity index (χ3v) is 3.13. The lowest BCUT2D eigenvalue weighted by Crippen LogP contribution is -2.54. The van der Waals surface area contributed by atoms with Crippen molar-refractivity contribution < 1.29 is 10.2 Å². The van der Waals surface area contributed by atoms with Gasteiger partial charge in [-0.05, 0) is 6.92 Å². The highest BCUT2D eigenvalue weighted by Crippen LogP contribution is 2.26. The molecule has 0 radical (unpaired) electrons. The van der Waals surface area contributed by atoms with Crippen LogP contribution in [0.25, 0.3) is 0 Å². The number of rotatable bonds is 2. The zero-order valence-corrected chi connectivity index (χ0v) is 10.2. The lowest BCUT2D eigenvalue weighted by molar-refractivity contribution is 0.0162. The summed E-state index contributed by atoms with van der Waals surface area (Å²) in [5.74, 6) is 0.418. The summed E-state index contributed by atoms with van der Waals surface area (Å²) in [6, 6.07) is -0.413. The van der Waals surface area contributed by atoms with E-state index in [1.54, 1.807) is 11.9 Å². The van der Waals surface area contributed by atoms with Gasteiger partial charge in [0.15, 0.2) is 5.82 Å². The SMILES string of the molecule is CC(O)C(O)[C@H]1CNc2nc(N)[nH]c(=O)c2N1C. The Hall–Kier alpha value is -1.80. The maximum atomic E-state index is 11.8. The van der Waals surface area contributed by atoms with E-state index in [9.17, 15) is 15.0 Å². The number of nitrogens with two attached hydrogens (primary N) is 1. The summed E-state index contributed by atoms with van der Waals surface area (Å²) in [5.41, 5.74) is 5.38. The number of aliphatic hydroxyl groups is 2. The van der Waals surface area contributed by atoms with Gasteiger partial charge in [0.2, 0.25) is 5.95 Å². The van der Waals surface area contributed by atoms with E-state index in [1.165, 1.54) is 6.92 Å². The minimum Gasteiger partial charge on any atom is -0.391 e. The van der Waals surface area contributed by atoms with E-state index in [0.717, 1.165) is 0 Å². The molecule has 6 N–H and O–H groups in total. The van der Waals surface area contributed by atoms with Gasteiger partial charge in [0.05, 0.1) is 12.1 Å². The molecule has 2 heterocycles. The summed E-state index contributed by atoms with van der Waals surface area (Å²) >= 11 is 0. The highest BCUT2D eigenvalue weighted by Gasteiger charge is 2.33. The predicted octanol–water partition coefficient (Wildman–Crippen LogP) is -1.68. The van der Waals surface area contributed by atoms with Crippen molar-refractivity contribution in [2.45, 2.75) is 25.2 Å². The van der Waals surface area contributed by atoms with Crippen LogP contribution in [0.1, 0.15) is 6.92 Å². The van der Waals surface area contributed by atoms with Crippen molar-refractivity contribution in [1.29, 1.82) is 0 Å². The third kappa shape index (κ3) is 2.00. The van der Waals surface area contributed by atoms with E-state index < -0.39 is 18.2 Å². The molecule has 2 unspecified atom stereocenters. The summed E-state index contributed by atoms with van der Waals surface area (Å²) in [7, 11) is 1.67. The molecule has 3 atom stereocenters. The van der Waals surface area contributed by atoms with Gasteiger partial charge < -0.3 is 26.2 Å². The average molecular weight is 255 g/mol. The molecule has 0 saturated carbocycles. The van der Waals surface area contributed by atoms with Crippen molar-refractivity contribution in [1.82, 2.24) is 9.97 Å². The van der Waals surface area contributed by atoms with Gasteiger partial charge in [-0.3, -0.25) is 9.78 Å². The maximum absolute atomic E-state index is 11.8. The van der Waals surface area contributed by atoms with Gasteiger partial charge in [-0.15, -0.1) is 0 Å². The molecular weight excluding hydrogens is 238 g/mol. The topological polar surface area (TPSA) is 127 Å². The minimum atomic E-state index is -0.965. The summed E-state index contributed by atoms with van der Waals surface area (Å²) in [6.07, 6.45) is -1.85. The van der Waals surface area contributed by atoms with Gasteiger partial charge in [-0.1, -0.05) is 0 Å². The van der Waals surface area contributed by atoms with Crippen molar-refractivity contribution in [2.75, 3.05) is 29.5 Å². The Kier molecular flexibility index (Phi) is 3.14. The molecule has 0 aliphatic carbocycles. The first-order valence-corrected chi connectivity index (χ1v) is 5.64. The average Bonchev–Trinajstić information content (AvgIpc) is 2.27. The monoisotopic (exact) mass is 255 g/mol. The Morgan fingerprint density at radius 3 is 2.83 bits per heavy atom. The van der Waals surface area contributed by atoms with E-state index in [0.29, 0.717) is 18.1 Å². The van der Waals surface area contributed by atoms with Crippen molar-refractivity contribution in [3.05, 3.63) is 10.4 Å². The second kappa shape index (κ2) is 4.46. The highest BCUT2D eigenvalue weighted by atomic mass is 16.3. The molecule has 100 valence electrons. The largest absolute Gasteiger partial charge is 0.391 e. The molecule has 2 rings (SSSR count). The standard InChI is InChI=1S/C10H17N5O3/c1-4(16)7(17)5-3-12-8-6(15(5)2)9(18)14-10(11)13-8/h4-5,7,16-17H,3H2,1-2H3,(H4,11,12,13,14,18)/t4?,5-,7?/m1/s1. The molecule has 8 nitrogen and oxygen atoms in total. The number of nitrogens with one attached hydrogen (secondary N) is 2. The number of aromatic amines is 1. The Morgan fingerprint density at radius 2 is 2.22 bits per heavy atom. The fourth-order valence-corrected chi connectivity index (χ4v) is 2.11. The summed E-state index contributed by atoms with van der Waals surface area (Å²) in [5, 5.41) is 22.3. The number of hydrogen-bond acceptors (Lipinski definition) is 7. The van der Waals surface area contributed by atoms with E-state index in [1.807, 2.05) is 0 Å². The summed E-state index contributed by atoms with van der Waals surface area (Å²) in [6.45, 7) is 1.87. The first-order chi connectivity index (χ1) is 8.41. The second-order valence-electron chi connectivity index (χ2n) is 4.44. The fraction of sp³-hybridized carbons (Fsp3) is 0.600. The Bertz CT molecular complexity index is 501. The number of nitrogen functional groups attached to an aromatic ring is 1. The molecular formula is C10H17N5O3. The number of H-pyrrole nitrogens is 1. The van der Waals surface area contributed by atoms with Gasteiger partial charge in [-0.25, -0.2) is 0 Å². The minimum absolute atomic E-state index is 0.0363. The Balaban J connectivity index is 2.39. The number of nitrogens with zero attached hydrogens (tertiary/aromatic N) is 2. The van der Waals surface area contributed by atoms with E-state index >= 15 is 0 Å². The molecule has 0 aromatic carbocycles. The number of fused-ring (bicyclic) bond motifs is 1. The number of hydrogen-bond donors (Lipinski definition) is 5. The normalized spacial score (nSPS) is 22.0. The number of aromatic nitrogens is 2. The molecule has 1 aromatic rings. The quantitative estimate of drug-likeness (QED) is 0.427. The van der Waals surface area contributed by atoms with Crippen molar-refractivity contribution in [3.8, 4) is 0 Å². The third-order valence-electron chi connectivity index (χ3n) is 3.13. The van der Waals surface area contributed by atoms with Gasteiger partial charge in [0.25, 0.3) is 5.56 Å². The molecule has 0 bridgehead atoms. The zero-order valence-electron chi connectivity index (χ0n) is 10.2. The molecule has 0 fully saturated rings. The molecule has 0 saturated heterocycles. The molecule has 1 aromatic heterocycles. The van der Waals surface area contributed by atoms with Crippen LogP contribution in [0.4, 0.5) is 17.5 Å². The van der Waals surface area contributed by atoms with E-state index in [2.05, 4.69) is 15.3 Å². The summed E-state index contributed by atoms with van der Waals surface area (Å²) in [4.78, 5) is 19.8. The summed E-state index contributed by atoms with van der Waals surface area (Å²) < 4.78 is 0. The van der Waals surface area contributed by atoms with Crippen LogP contribution in [0.3, 0.4) is 0 Å². The van der Waals surface area contributed by atoms with Crippen LogP contribution in [0.15, 0.2) is 4.79 Å². The first-order valence-electron chi connectivity index (χ1n) is 5.64. The van der Waals surface area contributed by atoms with E-state index in [-0.39, 0.29) is 11.5 Å². The zero-order chi connectivity index (χ0) is 13.4. The van der Waals surface area contributed by atoms with Crippen molar-refractivity contribution in [3.63, 3.8) is 0 Å². The first kappa shape index (κ1) is 12.7. The number of aliphatic hydroxyl groups excluding tert-OH is 2. The Morgan fingerprint density at radius 1 is 1.56 bits per heavy atom. The molecule has 0 spiro atoms. The van der Waals surface area contributed by atoms with Gasteiger partial charge in [0.1, 0.15) is 11.8 Å². The fourth-order valence-electron chi connectivity index (χ4n) is 2.11. The predicted molar refractivity (Wildman–Crippen MR) is 67.6 cm³/mol. The number of anilines is 3. The van der Waals surface area contributed by atoms with E-state index in [4.69, 9.17) is 5.73 Å². The molecule has 18 heavy (non-hydrogen) atoms. The van der Waals surface area contributed by atoms with Crippen LogP contribution in [-0.4, -0.2) is 52.0 Å². The van der Waals surface area contributed by atoms with Gasteiger partial charge in [0, 0.05) is 13.6 Å². The van der Waals surface area contributed by atoms with Crippen LogP contribution < -0.4 is 21.5 Å². The van der Waals surface area contributed by atoms with Gasteiger partial charge in [-0.2, -0.15) is 4.98 Å². The molecule has 8 heteroatoms. The molecule has 0 amide bonds. The molecule has 1 aliphatic rings. The lowest BCUT2D eigenvalue weighted by Gasteiger charge is -2.38. The van der Waals surface area contributed by atoms with Crippen LogP contribution in [0, 0.1) is 0 Å². The van der Waals surface area contributed by atoms with Crippen molar-refractivity contribution >= 4 is 17.5 Å². The number of likely N-dealkylation sites (N-methyl/N-ethyl adjacent to an activating group) is 1. The maximum Gasteiger partial charge on any atom is 0.278 e. The van der Waals surface area contributed by atoms with Crippen LogP contribution in [0.5, 0.6) is 0 Å². The van der Waals surface area contributed by atoms with Crippen LogP contribution in [-0.2, 0) is 0 Å². The lowest BCUT2D eigenvalue weighted by atomic mass is 10.0. The highest BCUT2D eigenvalue weighted by molar-refractivity contribution is 5.68. The smallest absolute Gasteiger partial charge is 0.278 e. The van der Waals surface area contributed by atoms with Gasteiger partial charge >= 0.3 is 0 Å². The Labute approximate surface area is 103 Å². The van der Waals surface area contributed by atoms with Crippen LogP contribution in [0.2, 0.25) is 0 Å². The molecule has 1 aliphatic heterocycles. The van der Waals surface area contributed by atoms with Crippen molar-refractivity contribution in [2.24, 2.45) is 0 Å². The van der Waals surface area contributed by atoms with Crippen LogP contribution >= 0.6 is 0 Å². The second-order valence-corrected chi connectivity index (χ2v) is 4.44.